The van der Waals surface area contributed by atoms with Crippen LogP contribution < -0.4 is 0 Å². The Morgan fingerprint density at radius 1 is 1.12 bits per heavy atom. The zero-order valence-corrected chi connectivity index (χ0v) is 16.2. The summed E-state index contributed by atoms with van der Waals surface area (Å²) in [5.41, 5.74) is -0.432. The van der Waals surface area contributed by atoms with E-state index in [2.05, 4.69) is 14.2 Å². The summed E-state index contributed by atoms with van der Waals surface area (Å²) in [6.45, 7) is 7.72. The van der Waals surface area contributed by atoms with E-state index in [4.69, 9.17) is 4.74 Å². The average Bonchev–Trinajstić information content (AvgIpc) is 2.93. The number of fused-ring (bicyclic) bond motifs is 2. The second-order valence-electron chi connectivity index (χ2n) is 8.29. The molecule has 0 aromatic rings. The van der Waals surface area contributed by atoms with Crippen molar-refractivity contribution in [1.82, 2.24) is 9.80 Å². The van der Waals surface area contributed by atoms with Crippen LogP contribution in [-0.2, 0) is 19.3 Å². The maximum Gasteiger partial charge on any atom is 0.230 e. The molecule has 4 rings (SSSR count). The Bertz CT molecular complexity index is 640. The minimum absolute atomic E-state index is 0.142. The summed E-state index contributed by atoms with van der Waals surface area (Å²) in [7, 11) is -2.05. The van der Waals surface area contributed by atoms with Crippen LogP contribution in [0.4, 0.5) is 0 Å². The minimum atomic E-state index is -2.05. The SMILES string of the molecule is CCN=S1(=O)CCC2(CC1)CN(C(=O)C13CCCN(CC1)C3)CCO2. The molecule has 0 aromatic carbocycles. The molecule has 0 radical (unpaired) electrons. The van der Waals surface area contributed by atoms with Gasteiger partial charge in [-0.1, -0.05) is 0 Å². The molecule has 2 bridgehead atoms. The van der Waals surface area contributed by atoms with Crippen LogP contribution >= 0.6 is 0 Å². The fourth-order valence-electron chi connectivity index (χ4n) is 5.21. The largest absolute Gasteiger partial charge is 0.371 e. The Kier molecular flexibility index (Phi) is 4.61. The molecule has 0 aromatic heterocycles. The second kappa shape index (κ2) is 6.50. The number of hydrogen-bond donors (Lipinski definition) is 0. The van der Waals surface area contributed by atoms with Gasteiger partial charge in [0.25, 0.3) is 0 Å². The summed E-state index contributed by atoms with van der Waals surface area (Å²) in [5.74, 6) is 1.57. The van der Waals surface area contributed by atoms with Crippen LogP contribution in [0.15, 0.2) is 4.36 Å². The summed E-state index contributed by atoms with van der Waals surface area (Å²) in [5, 5.41) is 0. The molecule has 4 aliphatic rings. The topological polar surface area (TPSA) is 62.2 Å². The fraction of sp³-hybridized carbons (Fsp3) is 0.944. The van der Waals surface area contributed by atoms with Crippen LogP contribution in [0.25, 0.3) is 0 Å². The quantitative estimate of drug-likeness (QED) is 0.737. The van der Waals surface area contributed by atoms with Crippen molar-refractivity contribution in [2.24, 2.45) is 9.78 Å². The summed E-state index contributed by atoms with van der Waals surface area (Å²) >= 11 is 0. The highest BCUT2D eigenvalue weighted by molar-refractivity contribution is 7.93. The lowest BCUT2D eigenvalue weighted by molar-refractivity contribution is -0.162. The van der Waals surface area contributed by atoms with E-state index in [0.717, 1.165) is 51.7 Å². The first-order valence-corrected chi connectivity index (χ1v) is 11.7. The molecule has 0 saturated carbocycles. The van der Waals surface area contributed by atoms with E-state index >= 15 is 0 Å². The molecule has 0 aliphatic carbocycles. The van der Waals surface area contributed by atoms with E-state index in [0.29, 0.717) is 43.7 Å². The molecule has 2 unspecified atom stereocenters. The molecule has 142 valence electrons. The van der Waals surface area contributed by atoms with Gasteiger partial charge in [0.1, 0.15) is 0 Å². The third-order valence-electron chi connectivity index (χ3n) is 6.67. The maximum absolute atomic E-state index is 13.4. The third kappa shape index (κ3) is 3.23. The number of amides is 1. The number of hydrogen-bond acceptors (Lipinski definition) is 5. The maximum atomic E-state index is 13.4. The van der Waals surface area contributed by atoms with Crippen molar-refractivity contribution in [2.75, 3.05) is 57.4 Å². The summed E-state index contributed by atoms with van der Waals surface area (Å²) in [6.07, 6.45) is 4.72. The van der Waals surface area contributed by atoms with Crippen molar-refractivity contribution in [1.29, 1.82) is 0 Å². The summed E-state index contributed by atoms with van der Waals surface area (Å²) in [4.78, 5) is 17.9. The summed E-state index contributed by atoms with van der Waals surface area (Å²) < 4.78 is 23.2. The van der Waals surface area contributed by atoms with Gasteiger partial charge in [0.05, 0.1) is 17.6 Å². The van der Waals surface area contributed by atoms with Crippen molar-refractivity contribution < 1.29 is 13.7 Å². The number of morpholine rings is 1. The van der Waals surface area contributed by atoms with Crippen molar-refractivity contribution in [2.45, 2.75) is 44.6 Å². The molecule has 1 spiro atoms. The Labute approximate surface area is 151 Å². The van der Waals surface area contributed by atoms with E-state index in [-0.39, 0.29) is 11.0 Å². The Hall–Kier alpha value is -0.660. The molecule has 2 atom stereocenters. The fourth-order valence-corrected chi connectivity index (χ4v) is 7.53. The van der Waals surface area contributed by atoms with Crippen LogP contribution in [0.3, 0.4) is 0 Å². The van der Waals surface area contributed by atoms with Gasteiger partial charge in [-0.15, -0.1) is 0 Å². The first-order chi connectivity index (χ1) is 12.0. The van der Waals surface area contributed by atoms with Crippen LogP contribution in [0.2, 0.25) is 0 Å². The normalized spacial score (nSPS) is 44.0. The molecule has 4 heterocycles. The Morgan fingerprint density at radius 2 is 1.92 bits per heavy atom. The number of carbonyl (C=O) groups excluding carboxylic acids is 1. The highest BCUT2D eigenvalue weighted by atomic mass is 32.2. The van der Waals surface area contributed by atoms with Crippen LogP contribution in [0, 0.1) is 5.41 Å². The monoisotopic (exact) mass is 369 g/mol. The van der Waals surface area contributed by atoms with Crippen LogP contribution in [-0.4, -0.2) is 82.9 Å². The Balaban J connectivity index is 1.46. The number of rotatable bonds is 2. The lowest BCUT2D eigenvalue weighted by Crippen LogP contribution is -2.59. The van der Waals surface area contributed by atoms with Gasteiger partial charge in [-0.2, -0.15) is 0 Å². The first-order valence-electron chi connectivity index (χ1n) is 9.82. The van der Waals surface area contributed by atoms with Crippen molar-refractivity contribution in [3.63, 3.8) is 0 Å². The highest BCUT2D eigenvalue weighted by Gasteiger charge is 2.51. The molecular weight excluding hydrogens is 338 g/mol. The molecular formula is C18H31N3O3S. The molecule has 0 N–H and O–H groups in total. The Morgan fingerprint density at radius 3 is 2.68 bits per heavy atom. The number of carbonyl (C=O) groups is 1. The van der Waals surface area contributed by atoms with Crippen LogP contribution in [0.1, 0.15) is 39.0 Å². The predicted octanol–water partition coefficient (Wildman–Crippen LogP) is 1.35. The van der Waals surface area contributed by atoms with E-state index < -0.39 is 9.73 Å². The van der Waals surface area contributed by atoms with Gasteiger partial charge in [0.2, 0.25) is 5.91 Å². The lowest BCUT2D eigenvalue weighted by atomic mass is 9.79. The van der Waals surface area contributed by atoms with Gasteiger partial charge >= 0.3 is 0 Å². The van der Waals surface area contributed by atoms with E-state index in [1.165, 1.54) is 0 Å². The zero-order valence-electron chi connectivity index (χ0n) is 15.4. The van der Waals surface area contributed by atoms with Crippen molar-refractivity contribution in [3.05, 3.63) is 0 Å². The lowest BCUT2D eigenvalue weighted by Gasteiger charge is -2.47. The molecule has 4 saturated heterocycles. The van der Waals surface area contributed by atoms with Crippen molar-refractivity contribution in [3.8, 4) is 0 Å². The van der Waals surface area contributed by atoms with Gasteiger partial charge in [-0.05, 0) is 52.1 Å². The molecule has 7 heteroatoms. The van der Waals surface area contributed by atoms with Crippen molar-refractivity contribution >= 4 is 15.6 Å². The molecule has 4 fully saturated rings. The number of nitrogens with zero attached hydrogens (tertiary/aromatic N) is 3. The number of ether oxygens (including phenoxy) is 1. The summed E-state index contributed by atoms with van der Waals surface area (Å²) in [6, 6.07) is 0. The zero-order chi connectivity index (χ0) is 17.5. The average molecular weight is 370 g/mol. The molecule has 6 nitrogen and oxygen atoms in total. The third-order valence-corrected chi connectivity index (χ3v) is 9.08. The van der Waals surface area contributed by atoms with E-state index in [1.54, 1.807) is 0 Å². The molecule has 1 amide bonds. The first kappa shape index (κ1) is 17.7. The van der Waals surface area contributed by atoms with E-state index in [1.807, 2.05) is 6.92 Å². The molecule has 25 heavy (non-hydrogen) atoms. The van der Waals surface area contributed by atoms with Gasteiger partial charge in [0.15, 0.2) is 0 Å². The second-order valence-corrected chi connectivity index (χ2v) is 10.9. The minimum Gasteiger partial charge on any atom is -0.371 e. The van der Waals surface area contributed by atoms with Gasteiger partial charge < -0.3 is 14.5 Å². The smallest absolute Gasteiger partial charge is 0.230 e. The van der Waals surface area contributed by atoms with E-state index in [9.17, 15) is 9.00 Å². The van der Waals surface area contributed by atoms with Gasteiger partial charge in [-0.25, -0.2) is 8.57 Å². The standard InChI is InChI=1S/C18H31N3O3S/c1-2-19-25(23)12-6-18(7-13-25)15-21(10-11-24-18)16(22)17-4-3-8-20(14-17)9-5-17/h2-15H2,1H3. The predicted molar refractivity (Wildman–Crippen MR) is 98.1 cm³/mol. The number of piperidine rings is 1. The highest BCUT2D eigenvalue weighted by Crippen LogP contribution is 2.42. The van der Waals surface area contributed by atoms with Gasteiger partial charge in [-0.3, -0.25) is 4.79 Å². The van der Waals surface area contributed by atoms with Crippen LogP contribution in [0.5, 0.6) is 0 Å². The van der Waals surface area contributed by atoms with Gasteiger partial charge in [0, 0.05) is 47.4 Å². The molecule has 4 aliphatic heterocycles.